The van der Waals surface area contributed by atoms with Crippen molar-refractivity contribution in [2.45, 2.75) is 43.4 Å². The summed E-state index contributed by atoms with van der Waals surface area (Å²) >= 11 is 6.63. The van der Waals surface area contributed by atoms with Crippen LogP contribution < -0.4 is 0 Å². The van der Waals surface area contributed by atoms with Crippen molar-refractivity contribution in [3.05, 3.63) is 0 Å². The molecule has 0 aliphatic heterocycles. The highest BCUT2D eigenvalue weighted by molar-refractivity contribution is 6.24. The number of fused-ring (bicyclic) bond motifs is 2. The Morgan fingerprint density at radius 3 is 2.88 bits per heavy atom. The minimum Gasteiger partial charge on any atom is -0.411 e. The average molecular weight is 261 g/mol. The second-order valence-electron chi connectivity index (χ2n) is 5.66. The molecule has 2 N–H and O–H groups in total. The van der Waals surface area contributed by atoms with Crippen molar-refractivity contribution >= 4 is 17.3 Å². The normalized spacial score (nSPS) is 38.5. The van der Waals surface area contributed by atoms with Crippen LogP contribution in [0.1, 0.15) is 38.5 Å². The van der Waals surface area contributed by atoms with Crippen LogP contribution in [0.5, 0.6) is 0 Å². The number of hydrogen-bond donors (Lipinski definition) is 2. The van der Waals surface area contributed by atoms with Gasteiger partial charge in [0.2, 0.25) is 0 Å². The van der Waals surface area contributed by atoms with Gasteiger partial charge >= 0.3 is 0 Å². The maximum Gasteiger partial charge on any atom is 0.0766 e. The molecule has 2 aliphatic rings. The second kappa shape index (κ2) is 5.12. The summed E-state index contributed by atoms with van der Waals surface area (Å²) in [4.78, 5) is -0.101. The summed E-state index contributed by atoms with van der Waals surface area (Å²) in [6, 6.07) is 0. The molecule has 17 heavy (non-hydrogen) atoms. The molecule has 0 amide bonds. The molecule has 2 rings (SSSR count). The Morgan fingerprint density at radius 1 is 1.53 bits per heavy atom. The Hall–Kier alpha value is -0.320. The van der Waals surface area contributed by atoms with E-state index >= 15 is 0 Å². The van der Waals surface area contributed by atoms with Crippen LogP contribution in [0.4, 0.5) is 0 Å². The molecule has 3 unspecified atom stereocenters. The Bertz CT molecular complexity index is 309. The van der Waals surface area contributed by atoms with Gasteiger partial charge in [-0.1, -0.05) is 18.0 Å². The lowest BCUT2D eigenvalue weighted by Gasteiger charge is -2.44. The number of nitrogens with zero attached hydrogens (tertiary/aromatic N) is 2. The maximum atomic E-state index is 9.26. The monoisotopic (exact) mass is 260 g/mol. The molecule has 0 saturated heterocycles. The first kappa shape index (κ1) is 13.1. The SMILES string of the molecule is CN(O)C/C(=N/O)C1CC2CCCC(Cl)(C2)C1. The first-order valence-electron chi connectivity index (χ1n) is 6.32. The molecule has 0 heterocycles. The van der Waals surface area contributed by atoms with Crippen LogP contribution in [0, 0.1) is 11.8 Å². The van der Waals surface area contributed by atoms with Crippen LogP contribution in [0.2, 0.25) is 0 Å². The van der Waals surface area contributed by atoms with Crippen LogP contribution in [0.3, 0.4) is 0 Å². The summed E-state index contributed by atoms with van der Waals surface area (Å²) in [7, 11) is 1.56. The second-order valence-corrected chi connectivity index (χ2v) is 6.46. The highest BCUT2D eigenvalue weighted by Crippen LogP contribution is 2.49. The third kappa shape index (κ3) is 3.12. The number of rotatable bonds is 3. The fourth-order valence-corrected chi connectivity index (χ4v) is 4.01. The third-order valence-electron chi connectivity index (χ3n) is 4.11. The molecule has 2 saturated carbocycles. The van der Waals surface area contributed by atoms with Gasteiger partial charge in [-0.05, 0) is 31.6 Å². The molecule has 0 aromatic heterocycles. The summed E-state index contributed by atoms with van der Waals surface area (Å²) in [5.41, 5.74) is 0.659. The highest BCUT2D eigenvalue weighted by atomic mass is 35.5. The zero-order valence-electron chi connectivity index (χ0n) is 10.3. The van der Waals surface area contributed by atoms with Crippen LogP contribution >= 0.6 is 11.6 Å². The summed E-state index contributed by atoms with van der Waals surface area (Å²) in [5, 5.41) is 22.8. The van der Waals surface area contributed by atoms with Crippen molar-refractivity contribution in [3.8, 4) is 0 Å². The number of hydroxylamine groups is 2. The lowest BCUT2D eigenvalue weighted by Crippen LogP contribution is -2.42. The smallest absolute Gasteiger partial charge is 0.0766 e. The summed E-state index contributed by atoms with van der Waals surface area (Å²) < 4.78 is 0. The summed E-state index contributed by atoms with van der Waals surface area (Å²) in [6.07, 6.45) is 6.53. The quantitative estimate of drug-likeness (QED) is 0.355. The van der Waals surface area contributed by atoms with E-state index < -0.39 is 0 Å². The van der Waals surface area contributed by atoms with Gasteiger partial charge in [0.25, 0.3) is 0 Å². The van der Waals surface area contributed by atoms with Crippen LogP contribution in [-0.4, -0.2) is 39.7 Å². The minimum atomic E-state index is -0.101. The van der Waals surface area contributed by atoms with Crippen molar-refractivity contribution in [1.82, 2.24) is 5.06 Å². The van der Waals surface area contributed by atoms with Crippen LogP contribution in [-0.2, 0) is 0 Å². The standard InChI is InChI=1S/C12H21ClN2O2/c1-15(17)8-11(14-16)10-5-9-3-2-4-12(13,6-9)7-10/h9-10,16-17H,2-8H2,1H3/b14-11-. The Kier molecular flexibility index (Phi) is 3.95. The first-order valence-corrected chi connectivity index (χ1v) is 6.70. The zero-order valence-corrected chi connectivity index (χ0v) is 11.0. The van der Waals surface area contributed by atoms with Gasteiger partial charge in [-0.25, -0.2) is 0 Å². The molecule has 2 aliphatic carbocycles. The van der Waals surface area contributed by atoms with Gasteiger partial charge in [0, 0.05) is 17.8 Å². The first-order chi connectivity index (χ1) is 8.02. The Balaban J connectivity index is 2.06. The fourth-order valence-electron chi connectivity index (χ4n) is 3.47. The van der Waals surface area contributed by atoms with Crippen molar-refractivity contribution in [2.75, 3.05) is 13.6 Å². The van der Waals surface area contributed by atoms with Gasteiger partial charge in [0.05, 0.1) is 12.3 Å². The van der Waals surface area contributed by atoms with Crippen molar-refractivity contribution in [2.24, 2.45) is 17.0 Å². The van der Waals surface area contributed by atoms with Gasteiger partial charge in [0.15, 0.2) is 0 Å². The molecule has 0 spiro atoms. The van der Waals surface area contributed by atoms with E-state index in [-0.39, 0.29) is 10.8 Å². The van der Waals surface area contributed by atoms with Gasteiger partial charge in [0.1, 0.15) is 0 Å². The lowest BCUT2D eigenvalue weighted by molar-refractivity contribution is -0.0510. The van der Waals surface area contributed by atoms with E-state index in [9.17, 15) is 5.21 Å². The summed E-state index contributed by atoms with van der Waals surface area (Å²) in [5.74, 6) is 0.867. The zero-order chi connectivity index (χ0) is 12.5. The van der Waals surface area contributed by atoms with E-state index in [1.165, 1.54) is 12.8 Å². The fraction of sp³-hybridized carbons (Fsp3) is 0.917. The maximum absolute atomic E-state index is 9.26. The average Bonchev–Trinajstić information content (AvgIpc) is 2.23. The molecule has 98 valence electrons. The van der Waals surface area contributed by atoms with Gasteiger partial charge in [-0.15, -0.1) is 11.6 Å². The highest BCUT2D eigenvalue weighted by Gasteiger charge is 2.43. The topological polar surface area (TPSA) is 56.1 Å². The third-order valence-corrected chi connectivity index (χ3v) is 4.61. The predicted molar refractivity (Wildman–Crippen MR) is 66.9 cm³/mol. The largest absolute Gasteiger partial charge is 0.411 e. The van der Waals surface area contributed by atoms with Gasteiger partial charge in [-0.2, -0.15) is 5.06 Å². The molecule has 4 nitrogen and oxygen atoms in total. The van der Waals surface area contributed by atoms with Gasteiger partial charge < -0.3 is 10.4 Å². The molecule has 0 aromatic rings. The van der Waals surface area contributed by atoms with Crippen molar-refractivity contribution in [3.63, 3.8) is 0 Å². The van der Waals surface area contributed by atoms with Gasteiger partial charge in [-0.3, -0.25) is 0 Å². The van der Waals surface area contributed by atoms with E-state index in [1.54, 1.807) is 7.05 Å². The molecule has 0 aromatic carbocycles. The van der Waals surface area contributed by atoms with Crippen molar-refractivity contribution in [1.29, 1.82) is 0 Å². The van der Waals surface area contributed by atoms with E-state index in [0.29, 0.717) is 18.2 Å². The van der Waals surface area contributed by atoms with Crippen LogP contribution in [0.15, 0.2) is 5.16 Å². The molecule has 3 atom stereocenters. The molecular weight excluding hydrogens is 240 g/mol. The number of alkyl halides is 1. The van der Waals surface area contributed by atoms with Crippen molar-refractivity contribution < 1.29 is 10.4 Å². The number of hydrogen-bond acceptors (Lipinski definition) is 4. The van der Waals surface area contributed by atoms with Crippen LogP contribution in [0.25, 0.3) is 0 Å². The Morgan fingerprint density at radius 2 is 2.29 bits per heavy atom. The van der Waals surface area contributed by atoms with E-state index in [0.717, 1.165) is 30.7 Å². The molecule has 5 heteroatoms. The van der Waals surface area contributed by atoms with E-state index in [2.05, 4.69) is 5.16 Å². The van der Waals surface area contributed by atoms with E-state index in [1.807, 2.05) is 0 Å². The number of halogens is 1. The molecule has 0 radical (unpaired) electrons. The van der Waals surface area contributed by atoms with E-state index in [4.69, 9.17) is 16.8 Å². The minimum absolute atomic E-state index is 0.101. The molecule has 2 bridgehead atoms. The molecule has 2 fully saturated rings. The molecular formula is C12H21ClN2O2. The summed E-state index contributed by atoms with van der Waals surface area (Å²) in [6.45, 7) is 0.293. The predicted octanol–water partition coefficient (Wildman–Crippen LogP) is 2.72. The lowest BCUT2D eigenvalue weighted by atomic mass is 9.66. The number of oxime groups is 1. The Labute approximate surface area is 107 Å².